The largest absolute Gasteiger partial charge is 0.331 e. The van der Waals surface area contributed by atoms with E-state index in [9.17, 15) is 8.42 Å². The summed E-state index contributed by atoms with van der Waals surface area (Å²) < 4.78 is 29.5. The van der Waals surface area contributed by atoms with Gasteiger partial charge in [-0.15, -0.1) is 0 Å². The van der Waals surface area contributed by atoms with Gasteiger partial charge in [-0.3, -0.25) is 0 Å². The molecule has 0 fully saturated rings. The summed E-state index contributed by atoms with van der Waals surface area (Å²) in [6, 6.07) is 13.0. The number of aryl methyl sites for hydroxylation is 3. The highest BCUT2D eigenvalue weighted by molar-refractivity contribution is 7.89. The first-order chi connectivity index (χ1) is 11.4. The quantitative estimate of drug-likeness (QED) is 0.775. The predicted octanol–water partition coefficient (Wildman–Crippen LogP) is 2.71. The second kappa shape index (κ2) is 6.37. The van der Waals surface area contributed by atoms with Crippen LogP contribution < -0.4 is 4.72 Å². The number of para-hydroxylation sites is 2. The maximum Gasteiger partial charge on any atom is 0.240 e. The Labute approximate surface area is 142 Å². The number of nitrogens with zero attached hydrogens (tertiary/aromatic N) is 2. The van der Waals surface area contributed by atoms with Crippen molar-refractivity contribution < 1.29 is 8.42 Å². The van der Waals surface area contributed by atoms with Crippen molar-refractivity contribution in [2.24, 2.45) is 7.05 Å². The molecule has 0 aliphatic heterocycles. The number of fused-ring (bicyclic) bond motifs is 1. The molecule has 5 nitrogen and oxygen atoms in total. The van der Waals surface area contributed by atoms with E-state index >= 15 is 0 Å². The van der Waals surface area contributed by atoms with Crippen LogP contribution in [-0.2, 0) is 23.5 Å². The fourth-order valence-electron chi connectivity index (χ4n) is 2.68. The molecule has 24 heavy (non-hydrogen) atoms. The van der Waals surface area contributed by atoms with Crippen molar-refractivity contribution in [3.8, 4) is 0 Å². The molecular formula is C18H21N3O2S. The Morgan fingerprint density at radius 3 is 2.54 bits per heavy atom. The van der Waals surface area contributed by atoms with Crippen molar-refractivity contribution in [3.63, 3.8) is 0 Å². The minimum atomic E-state index is -3.50. The normalized spacial score (nSPS) is 12.0. The first kappa shape index (κ1) is 16.7. The van der Waals surface area contributed by atoms with Crippen molar-refractivity contribution >= 4 is 21.1 Å². The molecule has 1 N–H and O–H groups in total. The van der Waals surface area contributed by atoms with Gasteiger partial charge in [0.2, 0.25) is 10.0 Å². The molecule has 0 saturated carbocycles. The van der Waals surface area contributed by atoms with E-state index < -0.39 is 10.0 Å². The summed E-state index contributed by atoms with van der Waals surface area (Å²) in [5.74, 6) is 0.860. The second-order valence-corrected chi connectivity index (χ2v) is 7.74. The molecule has 1 heterocycles. The lowest BCUT2D eigenvalue weighted by Crippen LogP contribution is -2.26. The van der Waals surface area contributed by atoms with Gasteiger partial charge >= 0.3 is 0 Å². The zero-order chi connectivity index (χ0) is 17.3. The highest BCUT2D eigenvalue weighted by Gasteiger charge is 2.15. The van der Waals surface area contributed by atoms with Crippen molar-refractivity contribution in [1.29, 1.82) is 0 Å². The lowest BCUT2D eigenvalue weighted by atomic mass is 10.1. The molecule has 3 aromatic rings. The van der Waals surface area contributed by atoms with Crippen LogP contribution in [0, 0.1) is 13.8 Å². The van der Waals surface area contributed by atoms with Crippen LogP contribution in [0.3, 0.4) is 0 Å². The van der Waals surface area contributed by atoms with E-state index in [1.807, 2.05) is 55.8 Å². The highest BCUT2D eigenvalue weighted by Crippen LogP contribution is 2.16. The average molecular weight is 343 g/mol. The molecule has 0 spiro atoms. The van der Waals surface area contributed by atoms with E-state index in [1.165, 1.54) is 0 Å². The molecule has 0 amide bonds. The van der Waals surface area contributed by atoms with Gasteiger partial charge in [0, 0.05) is 20.0 Å². The molecule has 0 bridgehead atoms. The van der Waals surface area contributed by atoms with Crippen LogP contribution in [0.5, 0.6) is 0 Å². The van der Waals surface area contributed by atoms with Gasteiger partial charge in [0.05, 0.1) is 15.9 Å². The summed E-state index contributed by atoms with van der Waals surface area (Å²) in [4.78, 5) is 4.86. The summed E-state index contributed by atoms with van der Waals surface area (Å²) in [5, 5.41) is 0. The predicted molar refractivity (Wildman–Crippen MR) is 95.5 cm³/mol. The summed E-state index contributed by atoms with van der Waals surface area (Å²) in [6.07, 6.45) is 0.537. The molecule has 0 unspecified atom stereocenters. The van der Waals surface area contributed by atoms with Crippen LogP contribution in [0.4, 0.5) is 0 Å². The fourth-order valence-corrected chi connectivity index (χ4v) is 3.80. The fraction of sp³-hybridized carbons (Fsp3) is 0.278. The molecule has 0 aliphatic carbocycles. The molecule has 126 valence electrons. The first-order valence-electron chi connectivity index (χ1n) is 7.86. The van der Waals surface area contributed by atoms with Crippen LogP contribution in [-0.4, -0.2) is 24.5 Å². The van der Waals surface area contributed by atoms with Gasteiger partial charge in [-0.1, -0.05) is 18.2 Å². The van der Waals surface area contributed by atoms with E-state index in [0.29, 0.717) is 17.9 Å². The van der Waals surface area contributed by atoms with E-state index in [-0.39, 0.29) is 0 Å². The minimum absolute atomic E-state index is 0.301. The van der Waals surface area contributed by atoms with E-state index in [1.54, 1.807) is 12.1 Å². The van der Waals surface area contributed by atoms with Crippen LogP contribution >= 0.6 is 0 Å². The van der Waals surface area contributed by atoms with E-state index in [0.717, 1.165) is 28.0 Å². The molecule has 3 rings (SSSR count). The van der Waals surface area contributed by atoms with Crippen molar-refractivity contribution in [2.45, 2.75) is 25.2 Å². The maximum atomic E-state index is 12.4. The van der Waals surface area contributed by atoms with Crippen LogP contribution in [0.25, 0.3) is 11.0 Å². The molecule has 2 aromatic carbocycles. The lowest BCUT2D eigenvalue weighted by Gasteiger charge is -2.09. The van der Waals surface area contributed by atoms with Crippen molar-refractivity contribution in [1.82, 2.24) is 14.3 Å². The molecule has 0 saturated heterocycles. The van der Waals surface area contributed by atoms with Gasteiger partial charge in [-0.25, -0.2) is 18.1 Å². The second-order valence-electron chi connectivity index (χ2n) is 5.97. The number of nitrogens with one attached hydrogen (secondary N) is 1. The minimum Gasteiger partial charge on any atom is -0.331 e. The summed E-state index contributed by atoms with van der Waals surface area (Å²) >= 11 is 0. The van der Waals surface area contributed by atoms with Crippen LogP contribution in [0.1, 0.15) is 17.0 Å². The Morgan fingerprint density at radius 2 is 1.83 bits per heavy atom. The molecule has 6 heteroatoms. The van der Waals surface area contributed by atoms with Crippen LogP contribution in [0.15, 0.2) is 47.4 Å². The van der Waals surface area contributed by atoms with E-state index in [4.69, 9.17) is 0 Å². The smallest absolute Gasteiger partial charge is 0.240 e. The van der Waals surface area contributed by atoms with Gasteiger partial charge in [0.15, 0.2) is 0 Å². The van der Waals surface area contributed by atoms with Crippen molar-refractivity contribution in [2.75, 3.05) is 6.54 Å². The average Bonchev–Trinajstić information content (AvgIpc) is 2.86. The summed E-state index contributed by atoms with van der Waals surface area (Å²) in [5.41, 5.74) is 4.01. The van der Waals surface area contributed by atoms with Gasteiger partial charge < -0.3 is 4.57 Å². The SMILES string of the molecule is Cc1ccc(S(=O)(=O)NCCc2nc3ccccc3n2C)cc1C. The van der Waals surface area contributed by atoms with Gasteiger partial charge in [0.1, 0.15) is 5.82 Å². The third-order valence-electron chi connectivity index (χ3n) is 4.31. The molecule has 0 radical (unpaired) electrons. The topological polar surface area (TPSA) is 64.0 Å². The molecular weight excluding hydrogens is 322 g/mol. The summed E-state index contributed by atoms with van der Waals surface area (Å²) in [7, 11) is -1.55. The monoisotopic (exact) mass is 343 g/mol. The Hall–Kier alpha value is -2.18. The number of rotatable bonds is 5. The van der Waals surface area contributed by atoms with Gasteiger partial charge in [-0.05, 0) is 49.2 Å². The van der Waals surface area contributed by atoms with Gasteiger partial charge in [0.25, 0.3) is 0 Å². The van der Waals surface area contributed by atoms with Crippen molar-refractivity contribution in [3.05, 3.63) is 59.4 Å². The number of sulfonamides is 1. The number of hydrogen-bond donors (Lipinski definition) is 1. The molecule has 1 aromatic heterocycles. The Morgan fingerprint density at radius 1 is 1.08 bits per heavy atom. The number of benzene rings is 2. The van der Waals surface area contributed by atoms with Crippen LogP contribution in [0.2, 0.25) is 0 Å². The van der Waals surface area contributed by atoms with Gasteiger partial charge in [-0.2, -0.15) is 0 Å². The maximum absolute atomic E-state index is 12.4. The third-order valence-corrected chi connectivity index (χ3v) is 5.77. The highest BCUT2D eigenvalue weighted by atomic mass is 32.2. The third kappa shape index (κ3) is 3.20. The number of aromatic nitrogens is 2. The standard InChI is InChI=1S/C18H21N3O2S/c1-13-8-9-15(12-14(13)2)24(22,23)19-11-10-18-20-16-6-4-5-7-17(16)21(18)3/h4-9,12,19H,10-11H2,1-3H3. The Kier molecular flexibility index (Phi) is 4.43. The van der Waals surface area contributed by atoms with E-state index in [2.05, 4.69) is 9.71 Å². The molecule has 0 atom stereocenters. The number of imidazole rings is 1. The zero-order valence-corrected chi connectivity index (χ0v) is 14.9. The summed E-state index contributed by atoms with van der Waals surface area (Å²) in [6.45, 7) is 4.19. The number of hydrogen-bond acceptors (Lipinski definition) is 3. The Balaban J connectivity index is 1.72. The Bertz CT molecular complexity index is 991. The molecule has 0 aliphatic rings. The lowest BCUT2D eigenvalue weighted by molar-refractivity contribution is 0.580. The first-order valence-corrected chi connectivity index (χ1v) is 9.34. The zero-order valence-electron chi connectivity index (χ0n) is 14.1.